The zero-order chi connectivity index (χ0) is 10.2. The quantitative estimate of drug-likeness (QED) is 0.817. The van der Waals surface area contributed by atoms with Crippen LogP contribution in [0.1, 0.15) is 19.8 Å². The summed E-state index contributed by atoms with van der Waals surface area (Å²) < 4.78 is 5.61. The highest BCUT2D eigenvalue weighted by Gasteiger charge is 2.42. The van der Waals surface area contributed by atoms with Gasteiger partial charge in [-0.3, -0.25) is 0 Å². The normalized spacial score (nSPS) is 30.9. The highest BCUT2D eigenvalue weighted by atomic mass is 35.5. The first-order valence-electron chi connectivity index (χ1n) is 4.72. The standard InChI is InChI=1S/C11H13ClO2/c1-11(13)6-5-10(11)14-9-4-2-3-8(12)7-9/h2-4,7,10,13H,5-6H2,1H3/t10-,11-/m0/s1. The first-order valence-corrected chi connectivity index (χ1v) is 5.10. The summed E-state index contributed by atoms with van der Waals surface area (Å²) in [6.07, 6.45) is 1.61. The van der Waals surface area contributed by atoms with E-state index in [1.165, 1.54) is 0 Å². The fraction of sp³-hybridized carbons (Fsp3) is 0.455. The van der Waals surface area contributed by atoms with Crippen LogP contribution in [0.4, 0.5) is 0 Å². The molecule has 14 heavy (non-hydrogen) atoms. The molecule has 0 amide bonds. The summed E-state index contributed by atoms with van der Waals surface area (Å²) in [5.41, 5.74) is -0.678. The Balaban J connectivity index is 2.05. The molecule has 1 saturated carbocycles. The van der Waals surface area contributed by atoms with E-state index >= 15 is 0 Å². The van der Waals surface area contributed by atoms with Gasteiger partial charge in [0.25, 0.3) is 0 Å². The van der Waals surface area contributed by atoms with E-state index in [0.717, 1.165) is 18.6 Å². The summed E-state index contributed by atoms with van der Waals surface area (Å²) >= 11 is 5.82. The van der Waals surface area contributed by atoms with Crippen LogP contribution in [0.3, 0.4) is 0 Å². The molecular weight excluding hydrogens is 200 g/mol. The second kappa shape index (κ2) is 3.44. The molecule has 0 saturated heterocycles. The van der Waals surface area contributed by atoms with Gasteiger partial charge in [-0.1, -0.05) is 17.7 Å². The third-order valence-electron chi connectivity index (χ3n) is 2.68. The number of halogens is 1. The average molecular weight is 213 g/mol. The van der Waals surface area contributed by atoms with Gasteiger partial charge >= 0.3 is 0 Å². The van der Waals surface area contributed by atoms with Crippen molar-refractivity contribution < 1.29 is 9.84 Å². The van der Waals surface area contributed by atoms with Crippen molar-refractivity contribution in [3.8, 4) is 5.75 Å². The minimum Gasteiger partial charge on any atom is -0.487 e. The van der Waals surface area contributed by atoms with Crippen LogP contribution in [-0.4, -0.2) is 16.8 Å². The minimum atomic E-state index is -0.678. The van der Waals surface area contributed by atoms with Crippen LogP contribution in [0, 0.1) is 0 Å². The predicted molar refractivity (Wildman–Crippen MR) is 55.7 cm³/mol. The SMILES string of the molecule is C[C@]1(O)CC[C@@H]1Oc1cccc(Cl)c1. The van der Waals surface area contributed by atoms with E-state index in [1.807, 2.05) is 12.1 Å². The van der Waals surface area contributed by atoms with Gasteiger partial charge in [-0.25, -0.2) is 0 Å². The van der Waals surface area contributed by atoms with Gasteiger partial charge < -0.3 is 9.84 Å². The number of aliphatic hydroxyl groups is 1. The number of benzene rings is 1. The molecule has 2 atom stereocenters. The molecule has 2 rings (SSSR count). The van der Waals surface area contributed by atoms with Crippen molar-refractivity contribution >= 4 is 11.6 Å². The van der Waals surface area contributed by atoms with E-state index in [-0.39, 0.29) is 6.10 Å². The van der Waals surface area contributed by atoms with E-state index in [2.05, 4.69) is 0 Å². The van der Waals surface area contributed by atoms with E-state index in [4.69, 9.17) is 16.3 Å². The minimum absolute atomic E-state index is 0.0963. The monoisotopic (exact) mass is 212 g/mol. The van der Waals surface area contributed by atoms with Crippen molar-refractivity contribution in [3.63, 3.8) is 0 Å². The van der Waals surface area contributed by atoms with Crippen molar-refractivity contribution in [2.45, 2.75) is 31.5 Å². The molecule has 0 bridgehead atoms. The van der Waals surface area contributed by atoms with Gasteiger partial charge in [-0.15, -0.1) is 0 Å². The Hall–Kier alpha value is -0.730. The Morgan fingerprint density at radius 1 is 1.57 bits per heavy atom. The summed E-state index contributed by atoms with van der Waals surface area (Å²) in [6.45, 7) is 1.80. The van der Waals surface area contributed by atoms with Gasteiger partial charge in [0.2, 0.25) is 0 Å². The molecule has 1 aromatic rings. The summed E-state index contributed by atoms with van der Waals surface area (Å²) in [4.78, 5) is 0. The fourth-order valence-electron chi connectivity index (χ4n) is 1.57. The number of rotatable bonds is 2. The lowest BCUT2D eigenvalue weighted by atomic mass is 9.78. The van der Waals surface area contributed by atoms with Crippen molar-refractivity contribution in [1.29, 1.82) is 0 Å². The van der Waals surface area contributed by atoms with E-state index in [0.29, 0.717) is 5.02 Å². The Bertz CT molecular complexity index is 336. The van der Waals surface area contributed by atoms with Gasteiger partial charge in [0.05, 0.1) is 5.60 Å². The summed E-state index contributed by atoms with van der Waals surface area (Å²) in [5, 5.41) is 10.4. The van der Waals surface area contributed by atoms with E-state index in [1.54, 1.807) is 19.1 Å². The maximum Gasteiger partial charge on any atom is 0.127 e. The fourth-order valence-corrected chi connectivity index (χ4v) is 1.75. The lowest BCUT2D eigenvalue weighted by molar-refractivity contribution is -0.118. The summed E-state index contributed by atoms with van der Waals surface area (Å²) in [5.74, 6) is 0.725. The molecule has 1 aliphatic carbocycles. The highest BCUT2D eigenvalue weighted by Crippen LogP contribution is 2.35. The zero-order valence-corrected chi connectivity index (χ0v) is 8.79. The Kier molecular flexibility index (Phi) is 2.41. The van der Waals surface area contributed by atoms with Gasteiger partial charge in [0.15, 0.2) is 0 Å². The largest absolute Gasteiger partial charge is 0.487 e. The molecule has 2 nitrogen and oxygen atoms in total. The summed E-state index contributed by atoms with van der Waals surface area (Å²) in [6, 6.07) is 7.24. The van der Waals surface area contributed by atoms with Gasteiger partial charge in [0, 0.05) is 5.02 Å². The molecular formula is C11H13ClO2. The van der Waals surface area contributed by atoms with Crippen LogP contribution >= 0.6 is 11.6 Å². The number of ether oxygens (including phenoxy) is 1. The molecule has 0 radical (unpaired) electrons. The van der Waals surface area contributed by atoms with Crippen LogP contribution in [0.5, 0.6) is 5.75 Å². The third-order valence-corrected chi connectivity index (χ3v) is 2.92. The molecule has 1 aliphatic rings. The maximum absolute atomic E-state index is 9.75. The second-order valence-electron chi connectivity index (χ2n) is 3.96. The first kappa shape index (κ1) is 9.81. The molecule has 0 aromatic heterocycles. The van der Waals surface area contributed by atoms with Crippen molar-refractivity contribution in [2.24, 2.45) is 0 Å². The van der Waals surface area contributed by atoms with E-state index < -0.39 is 5.60 Å². The molecule has 0 unspecified atom stereocenters. The van der Waals surface area contributed by atoms with Crippen LogP contribution in [0.2, 0.25) is 5.02 Å². The van der Waals surface area contributed by atoms with Crippen LogP contribution in [0.25, 0.3) is 0 Å². The second-order valence-corrected chi connectivity index (χ2v) is 4.40. The summed E-state index contributed by atoms with van der Waals surface area (Å²) in [7, 11) is 0. The van der Waals surface area contributed by atoms with Crippen LogP contribution < -0.4 is 4.74 Å². The number of hydrogen-bond acceptors (Lipinski definition) is 2. The lowest BCUT2D eigenvalue weighted by Crippen LogP contribution is -2.52. The topological polar surface area (TPSA) is 29.5 Å². The molecule has 0 spiro atoms. The Morgan fingerprint density at radius 3 is 2.86 bits per heavy atom. The van der Waals surface area contributed by atoms with Crippen LogP contribution in [0.15, 0.2) is 24.3 Å². The Labute approximate surface area is 88.5 Å². The highest BCUT2D eigenvalue weighted by molar-refractivity contribution is 6.30. The van der Waals surface area contributed by atoms with Crippen molar-refractivity contribution in [1.82, 2.24) is 0 Å². The third kappa shape index (κ3) is 1.86. The molecule has 1 fully saturated rings. The van der Waals surface area contributed by atoms with Gasteiger partial charge in [-0.05, 0) is 38.0 Å². The first-order chi connectivity index (χ1) is 6.58. The van der Waals surface area contributed by atoms with Crippen molar-refractivity contribution in [2.75, 3.05) is 0 Å². The average Bonchev–Trinajstić information content (AvgIpc) is 2.13. The molecule has 1 aromatic carbocycles. The molecule has 0 heterocycles. The smallest absolute Gasteiger partial charge is 0.127 e. The molecule has 76 valence electrons. The Morgan fingerprint density at radius 2 is 2.36 bits per heavy atom. The molecule has 1 N–H and O–H groups in total. The lowest BCUT2D eigenvalue weighted by Gasteiger charge is -2.42. The van der Waals surface area contributed by atoms with Crippen molar-refractivity contribution in [3.05, 3.63) is 29.3 Å². The molecule has 3 heteroatoms. The predicted octanol–water partition coefficient (Wildman–Crippen LogP) is 2.63. The maximum atomic E-state index is 9.75. The zero-order valence-electron chi connectivity index (χ0n) is 8.03. The van der Waals surface area contributed by atoms with E-state index in [9.17, 15) is 5.11 Å². The number of hydrogen-bond donors (Lipinski definition) is 1. The van der Waals surface area contributed by atoms with Gasteiger partial charge in [-0.2, -0.15) is 0 Å². The molecule has 0 aliphatic heterocycles. The van der Waals surface area contributed by atoms with Gasteiger partial charge in [0.1, 0.15) is 11.9 Å². The van der Waals surface area contributed by atoms with Crippen LogP contribution in [-0.2, 0) is 0 Å².